The number of benzene rings is 2. The Hall–Kier alpha value is -2.18. The van der Waals surface area contributed by atoms with E-state index in [0.29, 0.717) is 18.1 Å². The molecule has 0 aromatic heterocycles. The normalized spacial score (nSPS) is 11.7. The van der Waals surface area contributed by atoms with E-state index in [0.717, 1.165) is 16.3 Å². The zero-order valence-electron chi connectivity index (χ0n) is 15.2. The summed E-state index contributed by atoms with van der Waals surface area (Å²) < 4.78 is 6.12. The Balaban J connectivity index is 2.10. The highest BCUT2D eigenvalue weighted by atomic mass is 35.5. The molecule has 5 nitrogen and oxygen atoms in total. The number of carbonyl (C=O) groups excluding carboxylic acids is 1. The van der Waals surface area contributed by atoms with Gasteiger partial charge in [-0.15, -0.1) is 11.6 Å². The Morgan fingerprint density at radius 2 is 1.96 bits per heavy atom. The number of amides is 2. The van der Waals surface area contributed by atoms with Gasteiger partial charge in [0.2, 0.25) is 0 Å². The van der Waals surface area contributed by atoms with Crippen LogP contribution in [-0.2, 0) is 0 Å². The largest absolute Gasteiger partial charge is 0.430 e. The molecule has 2 amide bonds. The van der Waals surface area contributed by atoms with E-state index < -0.39 is 10.8 Å². The molecule has 0 saturated heterocycles. The van der Waals surface area contributed by atoms with Crippen LogP contribution in [0.2, 0.25) is 0 Å². The number of anilines is 2. The highest BCUT2D eigenvalue weighted by Crippen LogP contribution is 2.32. The van der Waals surface area contributed by atoms with Crippen LogP contribution >= 0.6 is 22.4 Å². The Labute approximate surface area is 162 Å². The third-order valence-corrected chi connectivity index (χ3v) is 5.17. The van der Waals surface area contributed by atoms with Gasteiger partial charge in [0.25, 0.3) is 0 Å². The number of halogens is 1. The second-order valence-electron chi connectivity index (χ2n) is 5.60. The maximum atomic E-state index is 11.8. The minimum atomic E-state index is -0.525. The van der Waals surface area contributed by atoms with Crippen LogP contribution < -0.4 is 19.7 Å². The van der Waals surface area contributed by atoms with E-state index in [1.54, 1.807) is 0 Å². The lowest BCUT2D eigenvalue weighted by Crippen LogP contribution is -2.30. The fourth-order valence-electron chi connectivity index (χ4n) is 2.17. The molecule has 7 heteroatoms. The number of alkyl halides is 1. The van der Waals surface area contributed by atoms with E-state index in [2.05, 4.69) is 10.6 Å². The highest BCUT2D eigenvalue weighted by molar-refractivity contribution is 8.11. The van der Waals surface area contributed by atoms with Crippen LogP contribution in [0.5, 0.6) is 5.75 Å². The Kier molecular flexibility index (Phi) is 7.81. The zero-order valence-corrected chi connectivity index (χ0v) is 16.7. The maximum Gasteiger partial charge on any atom is 0.319 e. The van der Waals surface area contributed by atoms with E-state index >= 15 is 0 Å². The first kappa shape index (κ1) is 20.1. The van der Waals surface area contributed by atoms with Crippen molar-refractivity contribution in [3.63, 3.8) is 0 Å². The number of urea groups is 1. The van der Waals surface area contributed by atoms with Crippen LogP contribution in [-0.4, -0.2) is 37.9 Å². The molecule has 0 radical (unpaired) electrons. The Morgan fingerprint density at radius 3 is 2.58 bits per heavy atom. The van der Waals surface area contributed by atoms with E-state index in [-0.39, 0.29) is 6.03 Å². The molecule has 140 valence electrons. The number of nitrogens with zero attached hydrogens (tertiary/aromatic N) is 1. The summed E-state index contributed by atoms with van der Waals surface area (Å²) in [5.41, 5.74) is 1.83. The van der Waals surface area contributed by atoms with Crippen molar-refractivity contribution >= 4 is 45.1 Å². The predicted octanol–water partition coefficient (Wildman–Crippen LogP) is 4.56. The van der Waals surface area contributed by atoms with Gasteiger partial charge in [0.1, 0.15) is 5.75 Å². The summed E-state index contributed by atoms with van der Waals surface area (Å²) in [6.07, 6.45) is 0. The van der Waals surface area contributed by atoms with Crippen molar-refractivity contribution in [2.75, 3.05) is 36.7 Å². The molecule has 0 aliphatic rings. The predicted molar refractivity (Wildman–Crippen MR) is 113 cm³/mol. The minimum Gasteiger partial charge on any atom is -0.430 e. The molecule has 2 N–H and O–H groups in total. The smallest absolute Gasteiger partial charge is 0.319 e. The number of hydrogen-bond acceptors (Lipinski definition) is 3. The van der Waals surface area contributed by atoms with E-state index in [9.17, 15) is 4.79 Å². The van der Waals surface area contributed by atoms with Crippen molar-refractivity contribution in [2.45, 2.75) is 11.8 Å². The number of hydrogen-bond donors (Lipinski definition) is 2. The molecule has 0 saturated carbocycles. The summed E-state index contributed by atoms with van der Waals surface area (Å²) in [6.45, 7) is 2.39. The topological polar surface area (TPSA) is 53.6 Å². The molecule has 0 aliphatic heterocycles. The zero-order chi connectivity index (χ0) is 18.9. The average Bonchev–Trinajstić information content (AvgIpc) is 2.65. The second kappa shape index (κ2) is 10.1. The minimum absolute atomic E-state index is 0.275. The molecule has 0 spiro atoms. The monoisotopic (exact) mass is 393 g/mol. The molecule has 1 unspecified atom stereocenters. The summed E-state index contributed by atoms with van der Waals surface area (Å²) in [7, 11) is 3.48. The van der Waals surface area contributed by atoms with Gasteiger partial charge in [0, 0.05) is 53.6 Å². The van der Waals surface area contributed by atoms with Crippen molar-refractivity contribution < 1.29 is 8.98 Å². The Morgan fingerprint density at radius 1 is 1.23 bits per heavy atom. The summed E-state index contributed by atoms with van der Waals surface area (Å²) in [4.78, 5) is 14.8. The van der Waals surface area contributed by atoms with Crippen molar-refractivity contribution in [2.24, 2.45) is 0 Å². The fraction of sp³-hybridized carbons (Fsp3) is 0.263. The molecular formula is C19H24ClN3O2S. The van der Waals surface area contributed by atoms with Gasteiger partial charge in [0.15, 0.2) is 0 Å². The third-order valence-electron chi connectivity index (χ3n) is 3.46. The summed E-state index contributed by atoms with van der Waals surface area (Å²) in [6, 6.07) is 15.3. The molecule has 0 fully saturated rings. The first-order valence-corrected chi connectivity index (χ1v) is 9.97. The van der Waals surface area contributed by atoms with Crippen molar-refractivity contribution in [3.05, 3.63) is 48.5 Å². The van der Waals surface area contributed by atoms with Crippen LogP contribution in [0.15, 0.2) is 53.4 Å². The highest BCUT2D eigenvalue weighted by Gasteiger charge is 2.06. The van der Waals surface area contributed by atoms with Crippen LogP contribution in [0, 0.1) is 0 Å². The van der Waals surface area contributed by atoms with Gasteiger partial charge in [-0.1, -0.05) is 6.07 Å². The number of rotatable bonds is 7. The Bertz CT molecular complexity index is 764. The van der Waals surface area contributed by atoms with E-state index in [1.165, 1.54) is 0 Å². The van der Waals surface area contributed by atoms with Gasteiger partial charge in [-0.2, -0.15) is 0 Å². The fourth-order valence-corrected chi connectivity index (χ4v) is 3.50. The molecule has 2 rings (SSSR count). The van der Waals surface area contributed by atoms with E-state index in [1.807, 2.05) is 79.8 Å². The van der Waals surface area contributed by atoms with Gasteiger partial charge in [0.05, 0.1) is 0 Å². The van der Waals surface area contributed by atoms with Crippen molar-refractivity contribution in [1.29, 1.82) is 0 Å². The van der Waals surface area contributed by atoms with E-state index in [4.69, 9.17) is 15.8 Å². The lowest BCUT2D eigenvalue weighted by Gasteiger charge is -2.15. The lowest BCUT2D eigenvalue weighted by atomic mass is 10.3. The van der Waals surface area contributed by atoms with Gasteiger partial charge < -0.3 is 19.7 Å². The summed E-state index contributed by atoms with van der Waals surface area (Å²) in [5, 5.41) is 7.48. The molecule has 2 aromatic rings. The van der Waals surface area contributed by atoms with Crippen LogP contribution in [0.3, 0.4) is 0 Å². The van der Waals surface area contributed by atoms with Crippen molar-refractivity contribution in [3.8, 4) is 5.75 Å². The molecule has 26 heavy (non-hydrogen) atoms. The first-order chi connectivity index (χ1) is 12.5. The number of carbonyl (C=O) groups is 1. The molecule has 1 atom stereocenters. The molecule has 2 aromatic carbocycles. The summed E-state index contributed by atoms with van der Waals surface area (Å²) >= 11 is 5.57. The lowest BCUT2D eigenvalue weighted by molar-refractivity contribution is 0.252. The maximum absolute atomic E-state index is 11.8. The summed E-state index contributed by atoms with van der Waals surface area (Å²) in [5.74, 6) is 1.18. The number of nitrogens with one attached hydrogen (secondary N) is 2. The van der Waals surface area contributed by atoms with Gasteiger partial charge in [-0.3, -0.25) is 0 Å². The average molecular weight is 394 g/mol. The molecule has 0 heterocycles. The first-order valence-electron chi connectivity index (χ1n) is 8.22. The third kappa shape index (κ3) is 5.97. The van der Waals surface area contributed by atoms with Gasteiger partial charge >= 0.3 is 6.03 Å². The quantitative estimate of drug-likeness (QED) is 0.535. The molecule has 0 aliphatic carbocycles. The van der Waals surface area contributed by atoms with Crippen molar-refractivity contribution in [1.82, 2.24) is 5.32 Å². The van der Waals surface area contributed by atoms with Gasteiger partial charge in [-0.25, -0.2) is 4.79 Å². The SMILES string of the molecule is C/C=S(/Oc1ccc(N(C)C)cc1)c1cccc(NC(=O)NCCCl)c1. The molecular weight excluding hydrogens is 370 g/mol. The standard InChI is InChI=1S/C19H24ClN3O2S/c1-4-26(25-17-10-8-16(9-11-17)23(2)3)18-7-5-6-15(14-18)22-19(24)21-13-12-20/h4-11,14H,12-13H2,1-3H3,(H2,21,22,24). The van der Waals surface area contributed by atoms with Crippen LogP contribution in [0.25, 0.3) is 0 Å². The van der Waals surface area contributed by atoms with Crippen LogP contribution in [0.4, 0.5) is 16.2 Å². The molecule has 0 bridgehead atoms. The van der Waals surface area contributed by atoms with Gasteiger partial charge in [-0.05, 0) is 54.8 Å². The second-order valence-corrected chi connectivity index (χ2v) is 7.68. The van der Waals surface area contributed by atoms with Crippen LogP contribution in [0.1, 0.15) is 6.92 Å².